The molecule has 0 radical (unpaired) electrons. The zero-order valence-electron chi connectivity index (χ0n) is 13.9. The zero-order valence-corrected chi connectivity index (χ0v) is 17.8. The number of carbonyl (C=O) groups excluding carboxylic acids is 1. The molecule has 1 N–H and O–H groups in total. The highest BCUT2D eigenvalue weighted by molar-refractivity contribution is 7.99. The van der Waals surface area contributed by atoms with E-state index in [1.54, 1.807) is 24.3 Å². The molecule has 3 aromatic heterocycles. The average molecular weight is 469 g/mol. The van der Waals surface area contributed by atoms with Crippen molar-refractivity contribution in [2.45, 2.75) is 5.22 Å². The first-order valence-electron chi connectivity index (χ1n) is 7.80. The third kappa shape index (κ3) is 4.73. The fourth-order valence-corrected chi connectivity index (χ4v) is 4.65. The molecule has 0 fully saturated rings. The summed E-state index contributed by atoms with van der Waals surface area (Å²) in [7, 11) is 0. The Hall–Kier alpha value is -1.91. The number of benzene rings is 1. The molecule has 0 atom stereocenters. The lowest BCUT2D eigenvalue weighted by Gasteiger charge is -1.99. The van der Waals surface area contributed by atoms with E-state index in [-0.39, 0.29) is 11.7 Å². The number of aromatic nitrogens is 3. The number of carbonyl (C=O) groups is 1. The topological polar surface area (TPSA) is 80.9 Å². The van der Waals surface area contributed by atoms with E-state index < -0.39 is 0 Å². The third-order valence-electron chi connectivity index (χ3n) is 3.40. The standard InChI is InChI=1S/C17H10Cl2N4O2S3/c18-10-3-1-9(2-4-10)15-22-23-17(25-15)27-8-14(24)21-16-20-11(7-26-16)12-5-6-13(19)28-12/h1-7H,8H2,(H,20,21,24). The summed E-state index contributed by atoms with van der Waals surface area (Å²) in [5.41, 5.74) is 1.55. The Morgan fingerprint density at radius 3 is 2.71 bits per heavy atom. The predicted molar refractivity (Wildman–Crippen MR) is 115 cm³/mol. The van der Waals surface area contributed by atoms with Crippen LogP contribution < -0.4 is 5.32 Å². The van der Waals surface area contributed by atoms with Crippen molar-refractivity contribution < 1.29 is 9.21 Å². The molecule has 28 heavy (non-hydrogen) atoms. The number of anilines is 1. The molecule has 0 spiro atoms. The molecule has 3 heterocycles. The Morgan fingerprint density at radius 1 is 1.14 bits per heavy atom. The monoisotopic (exact) mass is 468 g/mol. The van der Waals surface area contributed by atoms with Gasteiger partial charge in [-0.1, -0.05) is 35.0 Å². The highest BCUT2D eigenvalue weighted by Crippen LogP contribution is 2.33. The van der Waals surface area contributed by atoms with Crippen LogP contribution in [0.4, 0.5) is 5.13 Å². The number of thioether (sulfide) groups is 1. The number of hydrogen-bond donors (Lipinski definition) is 1. The number of nitrogens with one attached hydrogen (secondary N) is 1. The number of hydrogen-bond acceptors (Lipinski definition) is 8. The van der Waals surface area contributed by atoms with Gasteiger partial charge in [-0.25, -0.2) is 4.98 Å². The molecule has 0 aliphatic rings. The second-order valence-corrected chi connectivity index (χ2v) is 9.29. The number of thiophene rings is 1. The van der Waals surface area contributed by atoms with Crippen LogP contribution in [-0.2, 0) is 4.79 Å². The Kier molecular flexibility index (Phi) is 5.98. The van der Waals surface area contributed by atoms with Gasteiger partial charge in [0.2, 0.25) is 11.8 Å². The molecule has 142 valence electrons. The number of nitrogens with zero attached hydrogens (tertiary/aromatic N) is 3. The maximum absolute atomic E-state index is 12.2. The molecule has 4 rings (SSSR count). The molecule has 0 saturated heterocycles. The van der Waals surface area contributed by atoms with Crippen LogP contribution in [-0.4, -0.2) is 26.8 Å². The number of amides is 1. The lowest BCUT2D eigenvalue weighted by atomic mass is 10.2. The molecular formula is C17H10Cl2N4O2S3. The lowest BCUT2D eigenvalue weighted by Crippen LogP contribution is -2.13. The molecule has 0 saturated carbocycles. The Labute approximate surface area is 181 Å². The average Bonchev–Trinajstić information content (AvgIpc) is 3.41. The first-order chi connectivity index (χ1) is 13.6. The summed E-state index contributed by atoms with van der Waals surface area (Å²) in [5.74, 6) is 0.294. The van der Waals surface area contributed by atoms with Crippen LogP contribution in [0.1, 0.15) is 0 Å². The van der Waals surface area contributed by atoms with E-state index in [9.17, 15) is 4.79 Å². The Bertz CT molecular complexity index is 1110. The SMILES string of the molecule is O=C(CSc1nnc(-c2ccc(Cl)cc2)o1)Nc1nc(-c2ccc(Cl)s2)cs1. The van der Waals surface area contributed by atoms with E-state index in [0.29, 0.717) is 25.6 Å². The van der Waals surface area contributed by atoms with E-state index in [1.165, 1.54) is 22.7 Å². The van der Waals surface area contributed by atoms with Gasteiger partial charge >= 0.3 is 0 Å². The van der Waals surface area contributed by atoms with Gasteiger partial charge in [0, 0.05) is 16.0 Å². The molecule has 1 aromatic carbocycles. The largest absolute Gasteiger partial charge is 0.411 e. The van der Waals surface area contributed by atoms with E-state index in [2.05, 4.69) is 20.5 Å². The van der Waals surface area contributed by atoms with Crippen molar-refractivity contribution in [3.8, 4) is 22.0 Å². The van der Waals surface area contributed by atoms with Gasteiger partial charge in [0.05, 0.1) is 20.7 Å². The third-order valence-corrected chi connectivity index (χ3v) is 6.48. The second-order valence-electron chi connectivity index (χ2n) is 5.36. The molecule has 1 amide bonds. The highest BCUT2D eigenvalue weighted by Gasteiger charge is 2.13. The summed E-state index contributed by atoms with van der Waals surface area (Å²) in [5, 5.41) is 14.0. The van der Waals surface area contributed by atoms with Crippen molar-refractivity contribution in [1.82, 2.24) is 15.2 Å². The van der Waals surface area contributed by atoms with E-state index in [1.807, 2.05) is 17.5 Å². The summed E-state index contributed by atoms with van der Waals surface area (Å²) < 4.78 is 6.26. The highest BCUT2D eigenvalue weighted by atomic mass is 35.5. The summed E-state index contributed by atoms with van der Waals surface area (Å²) in [6.07, 6.45) is 0. The zero-order chi connectivity index (χ0) is 19.5. The van der Waals surface area contributed by atoms with Crippen molar-refractivity contribution in [3.63, 3.8) is 0 Å². The Morgan fingerprint density at radius 2 is 1.96 bits per heavy atom. The van der Waals surface area contributed by atoms with Crippen molar-refractivity contribution in [2.24, 2.45) is 0 Å². The van der Waals surface area contributed by atoms with E-state index >= 15 is 0 Å². The minimum atomic E-state index is -0.207. The van der Waals surface area contributed by atoms with Gasteiger partial charge in [0.15, 0.2) is 5.13 Å². The summed E-state index contributed by atoms with van der Waals surface area (Å²) >= 11 is 15.8. The van der Waals surface area contributed by atoms with E-state index in [4.69, 9.17) is 27.6 Å². The molecule has 0 unspecified atom stereocenters. The van der Waals surface area contributed by atoms with Gasteiger partial charge in [0.25, 0.3) is 5.22 Å². The molecular weight excluding hydrogens is 459 g/mol. The summed E-state index contributed by atoms with van der Waals surface area (Å²) in [6.45, 7) is 0. The molecule has 4 aromatic rings. The second kappa shape index (κ2) is 8.62. The fraction of sp³-hybridized carbons (Fsp3) is 0.0588. The minimum Gasteiger partial charge on any atom is -0.411 e. The number of halogens is 2. The van der Waals surface area contributed by atoms with Crippen LogP contribution in [0.5, 0.6) is 0 Å². The van der Waals surface area contributed by atoms with Gasteiger partial charge in [-0.3, -0.25) is 4.79 Å². The van der Waals surface area contributed by atoms with Crippen LogP contribution in [0.3, 0.4) is 0 Å². The van der Waals surface area contributed by atoms with Crippen molar-refractivity contribution in [2.75, 3.05) is 11.1 Å². The number of rotatable bonds is 6. The molecule has 11 heteroatoms. The molecule has 6 nitrogen and oxygen atoms in total. The van der Waals surface area contributed by atoms with Crippen molar-refractivity contribution in [1.29, 1.82) is 0 Å². The maximum Gasteiger partial charge on any atom is 0.277 e. The molecule has 0 aliphatic heterocycles. The molecule has 0 aliphatic carbocycles. The van der Waals surface area contributed by atoms with Gasteiger partial charge in [-0.2, -0.15) is 0 Å². The van der Waals surface area contributed by atoms with Gasteiger partial charge in [0.1, 0.15) is 0 Å². The predicted octanol–water partition coefficient (Wildman–Crippen LogP) is 5.96. The molecule has 0 bridgehead atoms. The van der Waals surface area contributed by atoms with Gasteiger partial charge < -0.3 is 9.73 Å². The van der Waals surface area contributed by atoms with Crippen molar-refractivity contribution >= 4 is 68.7 Å². The fourth-order valence-electron chi connectivity index (χ4n) is 2.16. The van der Waals surface area contributed by atoms with Crippen LogP contribution in [0.25, 0.3) is 22.0 Å². The minimum absolute atomic E-state index is 0.127. The quantitative estimate of drug-likeness (QED) is 0.351. The first kappa shape index (κ1) is 19.4. The smallest absolute Gasteiger partial charge is 0.277 e. The first-order valence-corrected chi connectivity index (χ1v) is 11.2. The normalized spacial score (nSPS) is 10.9. The lowest BCUT2D eigenvalue weighted by molar-refractivity contribution is -0.113. The summed E-state index contributed by atoms with van der Waals surface area (Å²) in [6, 6.07) is 10.8. The Balaban J connectivity index is 1.32. The van der Waals surface area contributed by atoms with E-state index in [0.717, 1.165) is 27.9 Å². The van der Waals surface area contributed by atoms with Crippen LogP contribution in [0.15, 0.2) is 51.4 Å². The number of thiazole rings is 1. The van der Waals surface area contributed by atoms with Crippen LogP contribution in [0.2, 0.25) is 9.36 Å². The maximum atomic E-state index is 12.2. The van der Waals surface area contributed by atoms with Crippen LogP contribution in [0, 0.1) is 0 Å². The summed E-state index contributed by atoms with van der Waals surface area (Å²) in [4.78, 5) is 17.5. The van der Waals surface area contributed by atoms with Crippen LogP contribution >= 0.6 is 57.6 Å². The van der Waals surface area contributed by atoms with Gasteiger partial charge in [-0.15, -0.1) is 32.9 Å². The van der Waals surface area contributed by atoms with Gasteiger partial charge in [-0.05, 0) is 36.4 Å². The van der Waals surface area contributed by atoms with Crippen molar-refractivity contribution in [3.05, 3.63) is 51.1 Å².